The van der Waals surface area contributed by atoms with Gasteiger partial charge in [-0.2, -0.15) is 5.10 Å². The summed E-state index contributed by atoms with van der Waals surface area (Å²) < 4.78 is 0. The SMILES string of the molecule is CCCN1CC2(CCN(C)CC2)C[C@H]1C(=O)NCc1cc(C)[nH]n1. The Morgan fingerprint density at radius 3 is 2.83 bits per heavy atom. The van der Waals surface area contributed by atoms with Gasteiger partial charge in [0, 0.05) is 12.2 Å². The minimum Gasteiger partial charge on any atom is -0.349 e. The second-order valence-corrected chi connectivity index (χ2v) is 7.75. The first-order chi connectivity index (χ1) is 11.5. The Balaban J connectivity index is 1.62. The number of nitrogens with one attached hydrogen (secondary N) is 2. The zero-order chi connectivity index (χ0) is 17.2. The summed E-state index contributed by atoms with van der Waals surface area (Å²) in [6.45, 7) is 9.08. The van der Waals surface area contributed by atoms with Crippen LogP contribution in [-0.2, 0) is 11.3 Å². The molecule has 3 rings (SSSR count). The first kappa shape index (κ1) is 17.4. The second-order valence-electron chi connectivity index (χ2n) is 7.75. The predicted octanol–water partition coefficient (Wildman–Crippen LogP) is 1.53. The summed E-state index contributed by atoms with van der Waals surface area (Å²) in [5.74, 6) is 0.167. The van der Waals surface area contributed by atoms with E-state index in [4.69, 9.17) is 0 Å². The number of H-pyrrole nitrogens is 1. The first-order valence-electron chi connectivity index (χ1n) is 9.22. The van der Waals surface area contributed by atoms with Crippen molar-refractivity contribution < 1.29 is 4.79 Å². The third kappa shape index (κ3) is 3.81. The lowest BCUT2D eigenvalue weighted by molar-refractivity contribution is -0.125. The molecule has 0 unspecified atom stereocenters. The van der Waals surface area contributed by atoms with Gasteiger partial charge >= 0.3 is 0 Å². The largest absolute Gasteiger partial charge is 0.349 e. The van der Waals surface area contributed by atoms with Crippen LogP contribution >= 0.6 is 0 Å². The molecule has 2 saturated heterocycles. The molecule has 2 fully saturated rings. The van der Waals surface area contributed by atoms with Crippen molar-refractivity contribution in [3.05, 3.63) is 17.5 Å². The summed E-state index contributed by atoms with van der Waals surface area (Å²) in [4.78, 5) is 17.6. The van der Waals surface area contributed by atoms with Gasteiger partial charge in [-0.05, 0) is 70.8 Å². The zero-order valence-electron chi connectivity index (χ0n) is 15.3. The number of hydrogen-bond acceptors (Lipinski definition) is 4. The van der Waals surface area contributed by atoms with Gasteiger partial charge in [0.15, 0.2) is 0 Å². The monoisotopic (exact) mass is 333 g/mol. The minimum absolute atomic E-state index is 0.0217. The van der Waals surface area contributed by atoms with Gasteiger partial charge in [0.05, 0.1) is 18.3 Å². The molecule has 6 nitrogen and oxygen atoms in total. The van der Waals surface area contributed by atoms with Crippen molar-refractivity contribution in [2.24, 2.45) is 5.41 Å². The summed E-state index contributed by atoms with van der Waals surface area (Å²) in [7, 11) is 2.20. The quantitative estimate of drug-likeness (QED) is 0.858. The van der Waals surface area contributed by atoms with E-state index in [1.165, 1.54) is 12.8 Å². The number of rotatable bonds is 5. The van der Waals surface area contributed by atoms with Gasteiger partial charge in [-0.25, -0.2) is 0 Å². The Hall–Kier alpha value is -1.40. The van der Waals surface area contributed by atoms with Crippen LogP contribution in [0.5, 0.6) is 0 Å². The van der Waals surface area contributed by atoms with E-state index in [0.717, 1.165) is 50.4 Å². The Bertz CT molecular complexity index is 562. The number of carbonyl (C=O) groups is 1. The van der Waals surface area contributed by atoms with E-state index in [1.807, 2.05) is 13.0 Å². The van der Waals surface area contributed by atoms with E-state index in [0.29, 0.717) is 12.0 Å². The second kappa shape index (κ2) is 7.23. The highest BCUT2D eigenvalue weighted by molar-refractivity contribution is 5.82. The van der Waals surface area contributed by atoms with Crippen LogP contribution in [0.3, 0.4) is 0 Å². The van der Waals surface area contributed by atoms with Crippen molar-refractivity contribution in [3.63, 3.8) is 0 Å². The maximum atomic E-state index is 12.8. The maximum absolute atomic E-state index is 12.8. The molecule has 2 N–H and O–H groups in total. The number of carbonyl (C=O) groups excluding carboxylic acids is 1. The molecule has 1 amide bonds. The normalized spacial score (nSPS) is 24.5. The fourth-order valence-electron chi connectivity index (χ4n) is 4.24. The Kier molecular flexibility index (Phi) is 5.25. The standard InChI is InChI=1S/C18H31N5O/c1-4-7-23-13-18(5-8-22(3)9-6-18)11-16(23)17(24)19-12-15-10-14(2)20-21-15/h10,16H,4-9,11-13H2,1-3H3,(H,19,24)(H,20,21)/t16-/m0/s1. The molecule has 2 aliphatic heterocycles. The molecule has 2 aliphatic rings. The van der Waals surface area contributed by atoms with Gasteiger partial charge in [0.2, 0.25) is 5.91 Å². The molecule has 1 aromatic heterocycles. The highest BCUT2D eigenvalue weighted by Crippen LogP contribution is 2.43. The maximum Gasteiger partial charge on any atom is 0.237 e. The van der Waals surface area contributed by atoms with Crippen molar-refractivity contribution in [1.29, 1.82) is 0 Å². The molecule has 1 spiro atoms. The Morgan fingerprint density at radius 1 is 1.46 bits per heavy atom. The molecule has 0 bridgehead atoms. The van der Waals surface area contributed by atoms with Crippen LogP contribution in [-0.4, -0.2) is 65.2 Å². The van der Waals surface area contributed by atoms with Gasteiger partial charge < -0.3 is 10.2 Å². The van der Waals surface area contributed by atoms with Crippen LogP contribution < -0.4 is 5.32 Å². The zero-order valence-corrected chi connectivity index (χ0v) is 15.3. The van der Waals surface area contributed by atoms with Gasteiger partial charge in [-0.1, -0.05) is 6.92 Å². The van der Waals surface area contributed by atoms with Crippen LogP contribution in [0.4, 0.5) is 0 Å². The number of hydrogen-bond donors (Lipinski definition) is 2. The molecule has 134 valence electrons. The molecule has 3 heterocycles. The molecule has 1 atom stereocenters. The van der Waals surface area contributed by atoms with Gasteiger partial charge in [-0.3, -0.25) is 14.8 Å². The van der Waals surface area contributed by atoms with Crippen LogP contribution in [0.25, 0.3) is 0 Å². The van der Waals surface area contributed by atoms with Crippen molar-refractivity contribution in [1.82, 2.24) is 25.3 Å². The van der Waals surface area contributed by atoms with E-state index >= 15 is 0 Å². The number of aryl methyl sites for hydroxylation is 1. The van der Waals surface area contributed by atoms with E-state index in [9.17, 15) is 4.79 Å². The molecule has 0 saturated carbocycles. The summed E-state index contributed by atoms with van der Waals surface area (Å²) in [6.07, 6.45) is 4.53. The Morgan fingerprint density at radius 2 is 2.21 bits per heavy atom. The smallest absolute Gasteiger partial charge is 0.237 e. The topological polar surface area (TPSA) is 64.3 Å². The van der Waals surface area contributed by atoms with E-state index in [2.05, 4.69) is 39.3 Å². The highest BCUT2D eigenvalue weighted by Gasteiger charge is 2.47. The number of nitrogens with zero attached hydrogens (tertiary/aromatic N) is 3. The number of likely N-dealkylation sites (tertiary alicyclic amines) is 2. The fourth-order valence-corrected chi connectivity index (χ4v) is 4.24. The molecule has 6 heteroatoms. The molecular weight excluding hydrogens is 302 g/mol. The summed E-state index contributed by atoms with van der Waals surface area (Å²) in [6, 6.07) is 2.00. The van der Waals surface area contributed by atoms with Crippen molar-refractivity contribution in [2.45, 2.75) is 52.1 Å². The Labute approximate surface area is 145 Å². The fraction of sp³-hybridized carbons (Fsp3) is 0.778. The molecule has 0 radical (unpaired) electrons. The average Bonchev–Trinajstić information content (AvgIpc) is 3.13. The molecule has 1 aromatic rings. The third-order valence-corrected chi connectivity index (χ3v) is 5.67. The lowest BCUT2D eigenvalue weighted by Crippen LogP contribution is -2.43. The molecule has 0 aliphatic carbocycles. The van der Waals surface area contributed by atoms with Gasteiger partial charge in [-0.15, -0.1) is 0 Å². The van der Waals surface area contributed by atoms with Gasteiger partial charge in [0.25, 0.3) is 0 Å². The van der Waals surface area contributed by atoms with Gasteiger partial charge in [0.1, 0.15) is 0 Å². The van der Waals surface area contributed by atoms with Crippen LogP contribution in [0.15, 0.2) is 6.07 Å². The number of amides is 1. The van der Waals surface area contributed by atoms with Crippen molar-refractivity contribution >= 4 is 5.91 Å². The minimum atomic E-state index is 0.0217. The summed E-state index contributed by atoms with van der Waals surface area (Å²) in [5.41, 5.74) is 2.26. The lowest BCUT2D eigenvalue weighted by Gasteiger charge is -2.37. The molecular formula is C18H31N5O. The first-order valence-corrected chi connectivity index (χ1v) is 9.22. The molecule has 24 heavy (non-hydrogen) atoms. The summed E-state index contributed by atoms with van der Waals surface area (Å²) >= 11 is 0. The highest BCUT2D eigenvalue weighted by atomic mass is 16.2. The average molecular weight is 333 g/mol. The van der Waals surface area contributed by atoms with E-state index < -0.39 is 0 Å². The van der Waals surface area contributed by atoms with Crippen molar-refractivity contribution in [3.8, 4) is 0 Å². The summed E-state index contributed by atoms with van der Waals surface area (Å²) in [5, 5.41) is 10.2. The van der Waals surface area contributed by atoms with E-state index in [-0.39, 0.29) is 11.9 Å². The van der Waals surface area contributed by atoms with Crippen LogP contribution in [0.1, 0.15) is 44.0 Å². The third-order valence-electron chi connectivity index (χ3n) is 5.67. The number of aromatic amines is 1. The van der Waals surface area contributed by atoms with Crippen LogP contribution in [0.2, 0.25) is 0 Å². The molecule has 0 aromatic carbocycles. The lowest BCUT2D eigenvalue weighted by atomic mass is 9.76. The van der Waals surface area contributed by atoms with E-state index in [1.54, 1.807) is 0 Å². The number of piperidine rings is 1. The number of aromatic nitrogens is 2. The predicted molar refractivity (Wildman–Crippen MR) is 94.6 cm³/mol. The van der Waals surface area contributed by atoms with Crippen LogP contribution in [0, 0.1) is 12.3 Å². The van der Waals surface area contributed by atoms with Crippen molar-refractivity contribution in [2.75, 3.05) is 33.2 Å².